The van der Waals surface area contributed by atoms with E-state index in [4.69, 9.17) is 9.84 Å². The van der Waals surface area contributed by atoms with Crippen molar-refractivity contribution in [1.82, 2.24) is 0 Å². The number of hydrogen-bond donors (Lipinski definition) is 1. The molecule has 1 N–H and O–H groups in total. The van der Waals surface area contributed by atoms with Crippen LogP contribution in [0.15, 0.2) is 89.4 Å². The van der Waals surface area contributed by atoms with Gasteiger partial charge in [0.15, 0.2) is 0 Å². The molecule has 0 heterocycles. The monoisotopic (exact) mass is 483 g/mol. The molecule has 4 aromatic rings. The number of aromatic carboxylic acids is 1. The predicted octanol–water partition coefficient (Wildman–Crippen LogP) is 6.94. The molecule has 0 aliphatic carbocycles. The minimum atomic E-state index is -0.954. The topological polar surface area (TPSA) is 70.3 Å². The summed E-state index contributed by atoms with van der Waals surface area (Å²) in [5.41, 5.74) is 3.43. The van der Waals surface area contributed by atoms with Crippen LogP contribution >= 0.6 is 15.9 Å². The Morgan fingerprint density at radius 1 is 0.938 bits per heavy atom. The second-order valence-corrected chi connectivity index (χ2v) is 8.07. The molecule has 4 rings (SSSR count). The first-order valence-electron chi connectivity index (χ1n) is 9.89. The van der Waals surface area contributed by atoms with Gasteiger partial charge >= 0.3 is 5.97 Å². The maximum absolute atomic E-state index is 11.0. The van der Waals surface area contributed by atoms with Crippen molar-refractivity contribution in [2.45, 2.75) is 6.61 Å². The molecule has 4 aromatic carbocycles. The molecule has 0 aromatic heterocycles. The molecule has 0 aliphatic heterocycles. The third-order valence-corrected chi connectivity index (χ3v) is 5.66. The van der Waals surface area contributed by atoms with Gasteiger partial charge in [-0.3, -0.25) is 0 Å². The Bertz CT molecular complexity index is 1370. The SMILES string of the molecule is N#C/C(=C/c1ccc(OCc2ccc(C(=O)O)cc2)c(Br)c1)c1ccc2ccccc2c1. The van der Waals surface area contributed by atoms with E-state index in [2.05, 4.69) is 22.0 Å². The molecular weight excluding hydrogens is 466 g/mol. The maximum Gasteiger partial charge on any atom is 0.335 e. The average molecular weight is 484 g/mol. The van der Waals surface area contributed by atoms with Crippen LogP contribution in [0.4, 0.5) is 0 Å². The quantitative estimate of drug-likeness (QED) is 0.238. The van der Waals surface area contributed by atoms with Crippen molar-refractivity contribution in [2.75, 3.05) is 0 Å². The lowest BCUT2D eigenvalue weighted by Crippen LogP contribution is -1.99. The number of hydrogen-bond acceptors (Lipinski definition) is 3. The van der Waals surface area contributed by atoms with E-state index in [9.17, 15) is 10.1 Å². The summed E-state index contributed by atoms with van der Waals surface area (Å²) in [6.45, 7) is 0.314. The summed E-state index contributed by atoms with van der Waals surface area (Å²) in [4.78, 5) is 11.0. The minimum Gasteiger partial charge on any atom is -0.488 e. The highest BCUT2D eigenvalue weighted by molar-refractivity contribution is 9.10. The minimum absolute atomic E-state index is 0.241. The van der Waals surface area contributed by atoms with Crippen LogP contribution in [0.1, 0.15) is 27.0 Å². The van der Waals surface area contributed by atoms with Crippen LogP contribution in [0.5, 0.6) is 5.75 Å². The fourth-order valence-corrected chi connectivity index (χ4v) is 3.84. The number of ether oxygens (including phenoxy) is 1. The smallest absolute Gasteiger partial charge is 0.335 e. The predicted molar refractivity (Wildman–Crippen MR) is 129 cm³/mol. The Morgan fingerprint density at radius 2 is 1.66 bits per heavy atom. The molecule has 0 bridgehead atoms. The molecule has 0 atom stereocenters. The second kappa shape index (κ2) is 9.51. The van der Waals surface area contributed by atoms with Crippen molar-refractivity contribution in [2.24, 2.45) is 0 Å². The van der Waals surface area contributed by atoms with Gasteiger partial charge in [-0.15, -0.1) is 0 Å². The third kappa shape index (κ3) is 4.88. The van der Waals surface area contributed by atoms with E-state index in [0.717, 1.165) is 31.9 Å². The van der Waals surface area contributed by atoms with Crippen molar-refractivity contribution in [3.8, 4) is 11.8 Å². The number of benzene rings is 4. The van der Waals surface area contributed by atoms with Gasteiger partial charge in [0, 0.05) is 0 Å². The molecule has 0 saturated heterocycles. The van der Waals surface area contributed by atoms with Crippen molar-refractivity contribution in [3.63, 3.8) is 0 Å². The van der Waals surface area contributed by atoms with Crippen LogP contribution < -0.4 is 4.74 Å². The number of carboxylic acid groups (broad SMARTS) is 1. The summed E-state index contributed by atoms with van der Waals surface area (Å²) < 4.78 is 6.63. The zero-order chi connectivity index (χ0) is 22.5. The van der Waals surface area contributed by atoms with Gasteiger partial charge in [-0.2, -0.15) is 5.26 Å². The Kier molecular flexibility index (Phi) is 6.34. The molecule has 32 heavy (non-hydrogen) atoms. The highest BCUT2D eigenvalue weighted by Gasteiger charge is 2.07. The molecule has 0 radical (unpaired) electrons. The van der Waals surface area contributed by atoms with E-state index in [-0.39, 0.29) is 5.56 Å². The third-order valence-electron chi connectivity index (χ3n) is 5.04. The van der Waals surface area contributed by atoms with Crippen LogP contribution in [0, 0.1) is 11.3 Å². The van der Waals surface area contributed by atoms with E-state index in [1.807, 2.05) is 66.7 Å². The Balaban J connectivity index is 1.51. The molecule has 0 saturated carbocycles. The molecule has 0 spiro atoms. The van der Waals surface area contributed by atoms with Gasteiger partial charge in [0.2, 0.25) is 0 Å². The summed E-state index contributed by atoms with van der Waals surface area (Å²) in [6, 6.07) is 28.6. The van der Waals surface area contributed by atoms with Crippen LogP contribution in [-0.2, 0) is 6.61 Å². The van der Waals surface area contributed by atoms with Gasteiger partial charge < -0.3 is 9.84 Å². The first-order chi connectivity index (χ1) is 15.5. The van der Waals surface area contributed by atoms with Crippen molar-refractivity contribution in [3.05, 3.63) is 112 Å². The zero-order valence-electron chi connectivity index (χ0n) is 17.0. The van der Waals surface area contributed by atoms with Crippen molar-refractivity contribution in [1.29, 1.82) is 5.26 Å². The van der Waals surface area contributed by atoms with Crippen molar-refractivity contribution < 1.29 is 14.6 Å². The number of carboxylic acids is 1. The Hall–Kier alpha value is -3.88. The number of carbonyl (C=O) groups is 1. The van der Waals surface area contributed by atoms with Crippen LogP contribution in [-0.4, -0.2) is 11.1 Å². The Morgan fingerprint density at radius 3 is 2.34 bits per heavy atom. The van der Waals surface area contributed by atoms with Gasteiger partial charge in [-0.25, -0.2) is 4.79 Å². The lowest BCUT2D eigenvalue weighted by molar-refractivity contribution is 0.0697. The second-order valence-electron chi connectivity index (χ2n) is 7.21. The number of fused-ring (bicyclic) bond motifs is 1. The summed E-state index contributed by atoms with van der Waals surface area (Å²) in [6.07, 6.45) is 1.85. The first kappa shape index (κ1) is 21.4. The van der Waals surface area contributed by atoms with E-state index in [1.54, 1.807) is 24.3 Å². The fraction of sp³-hybridized carbons (Fsp3) is 0.0370. The number of nitriles is 1. The maximum atomic E-state index is 11.0. The molecule has 0 amide bonds. The van der Waals surface area contributed by atoms with Crippen LogP contribution in [0.25, 0.3) is 22.4 Å². The number of allylic oxidation sites excluding steroid dienone is 1. The highest BCUT2D eigenvalue weighted by atomic mass is 79.9. The fourth-order valence-electron chi connectivity index (χ4n) is 3.33. The summed E-state index contributed by atoms with van der Waals surface area (Å²) in [7, 11) is 0. The van der Waals surface area contributed by atoms with Gasteiger partial charge in [0.1, 0.15) is 12.4 Å². The summed E-state index contributed by atoms with van der Waals surface area (Å²) >= 11 is 3.54. The van der Waals surface area contributed by atoms with E-state index in [1.165, 1.54) is 0 Å². The molecule has 0 fully saturated rings. The lowest BCUT2D eigenvalue weighted by Gasteiger charge is -2.10. The largest absolute Gasteiger partial charge is 0.488 e. The van der Waals surface area contributed by atoms with E-state index in [0.29, 0.717) is 17.9 Å². The molecule has 0 aliphatic rings. The average Bonchev–Trinajstić information content (AvgIpc) is 2.82. The Labute approximate surface area is 194 Å². The number of nitrogens with zero attached hydrogens (tertiary/aromatic N) is 1. The number of halogens is 1. The summed E-state index contributed by atoms with van der Waals surface area (Å²) in [5, 5.41) is 20.9. The van der Waals surface area contributed by atoms with Gasteiger partial charge in [0.05, 0.1) is 21.7 Å². The lowest BCUT2D eigenvalue weighted by atomic mass is 10.0. The van der Waals surface area contributed by atoms with Gasteiger partial charge in [-0.05, 0) is 79.8 Å². The van der Waals surface area contributed by atoms with E-state index >= 15 is 0 Å². The highest BCUT2D eigenvalue weighted by Crippen LogP contribution is 2.29. The van der Waals surface area contributed by atoms with Crippen LogP contribution in [0.2, 0.25) is 0 Å². The zero-order valence-corrected chi connectivity index (χ0v) is 18.5. The molecule has 4 nitrogen and oxygen atoms in total. The molecule has 5 heteroatoms. The summed E-state index contributed by atoms with van der Waals surface area (Å²) in [5.74, 6) is -0.294. The standard InChI is InChI=1S/C27H18BrNO3/c28-25-14-19(7-12-26(25)32-17-18-5-8-21(9-6-18)27(30)31)13-24(16-29)23-11-10-20-3-1-2-4-22(20)15-23/h1-15H,17H2,(H,30,31)/b24-13-. The molecule has 0 unspecified atom stereocenters. The molecule has 156 valence electrons. The van der Waals surface area contributed by atoms with Gasteiger partial charge in [-0.1, -0.05) is 54.6 Å². The van der Waals surface area contributed by atoms with Crippen molar-refractivity contribution >= 4 is 44.3 Å². The van der Waals surface area contributed by atoms with Gasteiger partial charge in [0.25, 0.3) is 0 Å². The van der Waals surface area contributed by atoms with Crippen LogP contribution in [0.3, 0.4) is 0 Å². The molecular formula is C27H18BrNO3. The normalized spacial score (nSPS) is 11.2. The first-order valence-corrected chi connectivity index (χ1v) is 10.7. The van der Waals surface area contributed by atoms with E-state index < -0.39 is 5.97 Å². The number of rotatable bonds is 6.